The largest absolute Gasteiger partial charge is 0.432 e. The first-order chi connectivity index (χ1) is 13.2. The Balaban J connectivity index is 1.52. The molecule has 28 heavy (non-hydrogen) atoms. The molecular formula is C17H22F3N3O4S. The second-order valence-electron chi connectivity index (χ2n) is 6.98. The topological polar surface area (TPSA) is 87.7 Å². The van der Waals surface area contributed by atoms with E-state index in [0.717, 1.165) is 12.1 Å². The van der Waals surface area contributed by atoms with Gasteiger partial charge in [-0.25, -0.2) is 17.6 Å². The fourth-order valence-electron chi connectivity index (χ4n) is 3.50. The van der Waals surface area contributed by atoms with Crippen LogP contribution in [0.1, 0.15) is 19.3 Å². The Kier molecular flexibility index (Phi) is 6.33. The molecule has 1 atom stereocenters. The van der Waals surface area contributed by atoms with Crippen molar-refractivity contribution >= 4 is 21.6 Å². The number of alkyl halides is 2. The molecule has 0 bridgehead atoms. The number of piperidine rings is 1. The number of likely N-dealkylation sites (tertiary alicyclic amines) is 1. The third-order valence-electron chi connectivity index (χ3n) is 4.89. The lowest BCUT2D eigenvalue weighted by Gasteiger charge is -2.33. The average molecular weight is 421 g/mol. The second kappa shape index (κ2) is 8.56. The van der Waals surface area contributed by atoms with Gasteiger partial charge in [-0.15, -0.1) is 0 Å². The van der Waals surface area contributed by atoms with E-state index in [9.17, 15) is 26.4 Å². The van der Waals surface area contributed by atoms with Crippen molar-refractivity contribution < 1.29 is 31.1 Å². The van der Waals surface area contributed by atoms with Crippen LogP contribution in [0.3, 0.4) is 0 Å². The maximum atomic E-state index is 13.3. The number of rotatable bonds is 5. The van der Waals surface area contributed by atoms with Gasteiger partial charge in [-0.1, -0.05) is 0 Å². The molecule has 0 aliphatic carbocycles. The number of hydrogen-bond donors (Lipinski definition) is 2. The van der Waals surface area contributed by atoms with E-state index in [1.165, 1.54) is 11.0 Å². The third kappa shape index (κ3) is 5.51. The summed E-state index contributed by atoms with van der Waals surface area (Å²) in [5, 5.41) is 5.81. The number of halogens is 3. The summed E-state index contributed by atoms with van der Waals surface area (Å²) in [6.07, 6.45) is 1.89. The molecule has 7 nitrogen and oxygen atoms in total. The molecule has 0 spiro atoms. The highest BCUT2D eigenvalue weighted by atomic mass is 32.2. The van der Waals surface area contributed by atoms with Crippen LogP contribution in [0.2, 0.25) is 0 Å². The van der Waals surface area contributed by atoms with Crippen LogP contribution in [0.5, 0.6) is 5.75 Å². The molecule has 1 aromatic carbocycles. The molecule has 2 fully saturated rings. The first-order valence-electron chi connectivity index (χ1n) is 8.98. The molecule has 2 aliphatic heterocycles. The van der Waals surface area contributed by atoms with E-state index < -0.39 is 34.0 Å². The van der Waals surface area contributed by atoms with E-state index >= 15 is 0 Å². The molecule has 2 N–H and O–H groups in total. The minimum atomic E-state index is -3.14. The van der Waals surface area contributed by atoms with Gasteiger partial charge in [-0.2, -0.15) is 8.78 Å². The predicted octanol–water partition coefficient (Wildman–Crippen LogP) is 2.20. The van der Waals surface area contributed by atoms with Crippen LogP contribution in [0.25, 0.3) is 0 Å². The summed E-state index contributed by atoms with van der Waals surface area (Å²) in [6.45, 7) is -2.29. The van der Waals surface area contributed by atoms with Gasteiger partial charge in [0.1, 0.15) is 5.82 Å². The number of urea groups is 1. The lowest BCUT2D eigenvalue weighted by Crippen LogP contribution is -2.49. The normalized spacial score (nSPS) is 22.4. The first kappa shape index (κ1) is 20.7. The molecule has 3 rings (SSSR count). The third-order valence-corrected chi connectivity index (χ3v) is 6.66. The Morgan fingerprint density at radius 1 is 1.18 bits per heavy atom. The maximum absolute atomic E-state index is 13.3. The Morgan fingerprint density at radius 2 is 1.89 bits per heavy atom. The van der Waals surface area contributed by atoms with E-state index in [0.29, 0.717) is 32.4 Å². The molecule has 2 heterocycles. The van der Waals surface area contributed by atoms with Crippen molar-refractivity contribution in [3.8, 4) is 5.75 Å². The minimum absolute atomic E-state index is 0.0388. The number of anilines is 1. The Labute approximate surface area is 161 Å². The van der Waals surface area contributed by atoms with E-state index in [2.05, 4.69) is 15.4 Å². The molecule has 2 saturated heterocycles. The van der Waals surface area contributed by atoms with Crippen LogP contribution in [-0.4, -0.2) is 62.6 Å². The van der Waals surface area contributed by atoms with Gasteiger partial charge < -0.3 is 20.3 Å². The van der Waals surface area contributed by atoms with E-state index in [1.54, 1.807) is 0 Å². The molecule has 2 amide bonds. The van der Waals surface area contributed by atoms with Gasteiger partial charge in [0.25, 0.3) is 0 Å². The van der Waals surface area contributed by atoms with Crippen molar-refractivity contribution in [2.45, 2.75) is 38.0 Å². The molecule has 0 radical (unpaired) electrons. The highest BCUT2D eigenvalue weighted by Crippen LogP contribution is 2.27. The molecule has 11 heteroatoms. The molecule has 2 aliphatic rings. The Morgan fingerprint density at radius 3 is 2.50 bits per heavy atom. The smallest absolute Gasteiger partial charge is 0.387 e. The molecule has 0 aromatic heterocycles. The lowest BCUT2D eigenvalue weighted by molar-refractivity contribution is -0.0495. The van der Waals surface area contributed by atoms with Crippen molar-refractivity contribution in [1.29, 1.82) is 0 Å². The predicted molar refractivity (Wildman–Crippen MR) is 96.8 cm³/mol. The van der Waals surface area contributed by atoms with Gasteiger partial charge in [-0.05, 0) is 31.4 Å². The number of carbonyl (C=O) groups excluding carboxylic acids is 1. The van der Waals surface area contributed by atoms with Crippen molar-refractivity contribution in [3.05, 3.63) is 24.0 Å². The number of amides is 2. The number of carbonyl (C=O) groups is 1. The minimum Gasteiger partial charge on any atom is -0.432 e. The van der Waals surface area contributed by atoms with Gasteiger partial charge in [0.05, 0.1) is 17.2 Å². The van der Waals surface area contributed by atoms with Gasteiger partial charge >= 0.3 is 12.6 Å². The van der Waals surface area contributed by atoms with E-state index in [-0.39, 0.29) is 29.3 Å². The summed E-state index contributed by atoms with van der Waals surface area (Å²) in [5.41, 5.74) is -0.0388. The van der Waals surface area contributed by atoms with Gasteiger partial charge in [0.15, 0.2) is 15.6 Å². The number of benzene rings is 1. The summed E-state index contributed by atoms with van der Waals surface area (Å²) < 4.78 is 65.5. The summed E-state index contributed by atoms with van der Waals surface area (Å²) in [6, 6.07) is 2.56. The maximum Gasteiger partial charge on any atom is 0.387 e. The summed E-state index contributed by atoms with van der Waals surface area (Å²) in [7, 11) is -2.95. The SMILES string of the molecule is O=C(Nc1ccc(F)cc1OC(F)F)N1CCC(N[C@H]2CCS(=O)(=O)C2)CC1. The number of ether oxygens (including phenoxy) is 1. The zero-order valence-electron chi connectivity index (χ0n) is 15.0. The summed E-state index contributed by atoms with van der Waals surface area (Å²) >= 11 is 0. The number of sulfone groups is 1. The van der Waals surface area contributed by atoms with Crippen molar-refractivity contribution in [3.63, 3.8) is 0 Å². The molecule has 0 unspecified atom stereocenters. The van der Waals surface area contributed by atoms with Crippen molar-refractivity contribution in [2.75, 3.05) is 29.9 Å². The summed E-state index contributed by atoms with van der Waals surface area (Å²) in [5.74, 6) is -0.852. The molecule has 0 saturated carbocycles. The second-order valence-corrected chi connectivity index (χ2v) is 9.21. The number of nitrogens with zero attached hydrogens (tertiary/aromatic N) is 1. The molecule has 156 valence electrons. The van der Waals surface area contributed by atoms with Crippen LogP contribution < -0.4 is 15.4 Å². The zero-order chi connectivity index (χ0) is 20.3. The number of hydrogen-bond acceptors (Lipinski definition) is 5. The van der Waals surface area contributed by atoms with Crippen LogP contribution in [-0.2, 0) is 9.84 Å². The van der Waals surface area contributed by atoms with Crippen molar-refractivity contribution in [1.82, 2.24) is 10.2 Å². The van der Waals surface area contributed by atoms with E-state index in [4.69, 9.17) is 0 Å². The fraction of sp³-hybridized carbons (Fsp3) is 0.588. The number of nitrogens with one attached hydrogen (secondary N) is 2. The van der Waals surface area contributed by atoms with Crippen molar-refractivity contribution in [2.24, 2.45) is 0 Å². The standard InChI is InChI=1S/C17H22F3N3O4S/c18-11-1-2-14(15(9-11)27-16(19)20)22-17(24)23-6-3-12(4-7-23)21-13-5-8-28(25,26)10-13/h1-2,9,12-13,16,21H,3-8,10H2,(H,22,24)/t13-/m0/s1. The monoisotopic (exact) mass is 421 g/mol. The first-order valence-corrected chi connectivity index (χ1v) is 10.8. The van der Waals surface area contributed by atoms with Gasteiger partial charge in [0, 0.05) is 31.2 Å². The van der Waals surface area contributed by atoms with Gasteiger partial charge in [0.2, 0.25) is 0 Å². The highest BCUT2D eigenvalue weighted by molar-refractivity contribution is 7.91. The molecular weight excluding hydrogens is 399 g/mol. The fourth-order valence-corrected chi connectivity index (χ4v) is 5.18. The Hall–Kier alpha value is -2.01. The van der Waals surface area contributed by atoms with Gasteiger partial charge in [-0.3, -0.25) is 0 Å². The quantitative estimate of drug-likeness (QED) is 0.761. The summed E-state index contributed by atoms with van der Waals surface area (Å²) in [4.78, 5) is 13.9. The van der Waals surface area contributed by atoms with Crippen LogP contribution in [0.15, 0.2) is 18.2 Å². The van der Waals surface area contributed by atoms with Crippen LogP contribution >= 0.6 is 0 Å². The molecule has 1 aromatic rings. The Bertz CT molecular complexity index is 814. The van der Waals surface area contributed by atoms with E-state index in [1.807, 2.05) is 0 Å². The average Bonchev–Trinajstić information content (AvgIpc) is 2.96. The van der Waals surface area contributed by atoms with Crippen LogP contribution in [0, 0.1) is 5.82 Å². The lowest BCUT2D eigenvalue weighted by atomic mass is 10.0. The van der Waals surface area contributed by atoms with Crippen LogP contribution in [0.4, 0.5) is 23.7 Å². The highest BCUT2D eigenvalue weighted by Gasteiger charge is 2.31. The zero-order valence-corrected chi connectivity index (χ0v) is 15.9.